The molecule has 0 unspecified atom stereocenters. The molecule has 2 aromatic carbocycles. The average molecular weight is 414 g/mol. The van der Waals surface area contributed by atoms with Gasteiger partial charge in [-0.25, -0.2) is 8.42 Å². The first-order valence-corrected chi connectivity index (χ1v) is 8.65. The van der Waals surface area contributed by atoms with Crippen molar-refractivity contribution < 1.29 is 35.2 Å². The Balaban J connectivity index is 2.24. The highest BCUT2D eigenvalue weighted by Crippen LogP contribution is 2.36. The molecule has 0 aliphatic carbocycles. The molecule has 0 heterocycles. The van der Waals surface area contributed by atoms with Gasteiger partial charge in [-0.2, -0.15) is 22.0 Å². The van der Waals surface area contributed by atoms with Gasteiger partial charge in [0.15, 0.2) is 0 Å². The Morgan fingerprint density at radius 2 is 1.62 bits per heavy atom. The Hall–Kier alpha value is -2.20. The second kappa shape index (κ2) is 7.20. The Bertz CT molecular complexity index is 927. The number of alkyl halides is 5. The van der Waals surface area contributed by atoms with E-state index >= 15 is 0 Å². The van der Waals surface area contributed by atoms with Crippen molar-refractivity contribution in [2.24, 2.45) is 0 Å². The Morgan fingerprint density at radius 1 is 1.04 bits per heavy atom. The van der Waals surface area contributed by atoms with Crippen LogP contribution in [-0.4, -0.2) is 20.1 Å². The zero-order chi connectivity index (χ0) is 19.7. The van der Waals surface area contributed by atoms with Crippen LogP contribution in [0, 0.1) is 0 Å². The lowest BCUT2D eigenvalue weighted by Gasteiger charge is -2.12. The predicted molar refractivity (Wildman–Crippen MR) is 84.0 cm³/mol. The van der Waals surface area contributed by atoms with E-state index in [0.29, 0.717) is 6.07 Å². The van der Waals surface area contributed by atoms with Crippen molar-refractivity contribution in [3.05, 3.63) is 58.6 Å². The third kappa shape index (κ3) is 4.31. The van der Waals surface area contributed by atoms with Crippen LogP contribution in [0.3, 0.4) is 0 Å². The topological polar surface area (TPSA) is 63.2 Å². The van der Waals surface area contributed by atoms with Crippen molar-refractivity contribution in [2.45, 2.75) is 16.8 Å². The van der Waals surface area contributed by atoms with Gasteiger partial charge in [0.25, 0.3) is 5.91 Å². The van der Waals surface area contributed by atoms with Crippen molar-refractivity contribution in [3.8, 4) is 0 Å². The van der Waals surface area contributed by atoms with Crippen molar-refractivity contribution >= 4 is 33.0 Å². The first kappa shape index (κ1) is 20.1. The zero-order valence-corrected chi connectivity index (χ0v) is 14.1. The number of sulfone groups is 1. The van der Waals surface area contributed by atoms with Crippen LogP contribution in [0.25, 0.3) is 0 Å². The third-order valence-corrected chi connectivity index (χ3v) is 4.94. The summed E-state index contributed by atoms with van der Waals surface area (Å²) in [5.41, 5.74) is -1.48. The monoisotopic (exact) mass is 413 g/mol. The predicted octanol–water partition coefficient (Wildman–Crippen LogP) is 4.61. The van der Waals surface area contributed by atoms with Crippen molar-refractivity contribution in [2.75, 3.05) is 5.32 Å². The number of hydrogen-bond acceptors (Lipinski definition) is 3. The van der Waals surface area contributed by atoms with Crippen molar-refractivity contribution in [1.82, 2.24) is 0 Å². The molecule has 0 saturated heterocycles. The minimum atomic E-state index is -4.81. The van der Waals surface area contributed by atoms with E-state index in [9.17, 15) is 35.2 Å². The molecule has 140 valence electrons. The maximum atomic E-state index is 12.8. The van der Waals surface area contributed by atoms with E-state index in [0.717, 1.165) is 36.4 Å². The second-order valence-electron chi connectivity index (χ2n) is 4.98. The number of carbonyl (C=O) groups excluding carboxylic acids is 1. The molecule has 0 spiro atoms. The molecule has 0 aromatic heterocycles. The van der Waals surface area contributed by atoms with Gasteiger partial charge in [0, 0.05) is 11.3 Å². The van der Waals surface area contributed by atoms with Gasteiger partial charge in [-0.05, 0) is 42.5 Å². The van der Waals surface area contributed by atoms with Gasteiger partial charge in [-0.3, -0.25) is 4.79 Å². The normalized spacial score (nSPS) is 12.3. The van der Waals surface area contributed by atoms with Crippen molar-refractivity contribution in [1.29, 1.82) is 0 Å². The summed E-state index contributed by atoms with van der Waals surface area (Å²) in [5, 5.41) is 1.64. The molecular formula is C15H9ClF5NO3S. The molecule has 0 radical (unpaired) electrons. The van der Waals surface area contributed by atoms with Crippen LogP contribution >= 0.6 is 11.6 Å². The highest BCUT2D eigenvalue weighted by molar-refractivity contribution is 7.91. The minimum Gasteiger partial charge on any atom is -0.322 e. The summed E-state index contributed by atoms with van der Waals surface area (Å²) in [6, 6.07) is 6.27. The number of benzene rings is 2. The molecule has 26 heavy (non-hydrogen) atoms. The molecule has 0 fully saturated rings. The fourth-order valence-electron chi connectivity index (χ4n) is 1.92. The number of anilines is 1. The Labute approximate surface area is 149 Å². The lowest BCUT2D eigenvalue weighted by Crippen LogP contribution is -2.15. The van der Waals surface area contributed by atoms with Crippen molar-refractivity contribution in [3.63, 3.8) is 0 Å². The zero-order valence-electron chi connectivity index (χ0n) is 12.5. The summed E-state index contributed by atoms with van der Waals surface area (Å²) < 4.78 is 85.9. The van der Waals surface area contributed by atoms with Gasteiger partial charge >= 0.3 is 11.9 Å². The standard InChI is InChI=1S/C15H9ClF5NO3S/c16-12-6-3-9(7-11(12)15(19,20)21)22-13(23)8-1-4-10(5-2-8)26(24,25)14(17)18/h1-7,14H,(H,22,23). The lowest BCUT2D eigenvalue weighted by atomic mass is 10.1. The third-order valence-electron chi connectivity index (χ3n) is 3.21. The van der Waals surface area contributed by atoms with E-state index in [1.165, 1.54) is 0 Å². The number of amides is 1. The molecule has 11 heteroatoms. The molecule has 0 atom stereocenters. The number of halogens is 6. The first-order chi connectivity index (χ1) is 11.9. The smallest absolute Gasteiger partial charge is 0.322 e. The minimum absolute atomic E-state index is 0.137. The molecule has 0 bridgehead atoms. The summed E-state index contributed by atoms with van der Waals surface area (Å²) in [6.45, 7) is 0. The summed E-state index contributed by atoms with van der Waals surface area (Å²) in [7, 11) is -4.81. The maximum absolute atomic E-state index is 12.8. The molecule has 4 nitrogen and oxygen atoms in total. The molecule has 0 aliphatic rings. The maximum Gasteiger partial charge on any atom is 0.417 e. The van der Waals surface area contributed by atoms with Crippen LogP contribution in [0.15, 0.2) is 47.4 Å². The van der Waals surface area contributed by atoms with Crippen LogP contribution in [-0.2, 0) is 16.0 Å². The fourth-order valence-corrected chi connectivity index (χ4v) is 2.87. The molecule has 1 N–H and O–H groups in total. The molecular weight excluding hydrogens is 405 g/mol. The van der Waals surface area contributed by atoms with Crippen LogP contribution in [0.5, 0.6) is 0 Å². The second-order valence-corrected chi connectivity index (χ2v) is 7.30. The van der Waals surface area contributed by atoms with Crippen LogP contribution in [0.2, 0.25) is 5.02 Å². The van der Waals surface area contributed by atoms with Gasteiger partial charge in [0.2, 0.25) is 9.84 Å². The van der Waals surface area contributed by atoms with E-state index < -0.39 is 43.2 Å². The average Bonchev–Trinajstić information content (AvgIpc) is 2.55. The molecule has 1 amide bonds. The summed E-state index contributed by atoms with van der Waals surface area (Å²) in [6.07, 6.45) is -4.72. The highest BCUT2D eigenvalue weighted by Gasteiger charge is 2.33. The fraction of sp³-hybridized carbons (Fsp3) is 0.133. The Morgan fingerprint density at radius 3 is 2.12 bits per heavy atom. The largest absolute Gasteiger partial charge is 0.417 e. The SMILES string of the molecule is O=C(Nc1ccc(Cl)c(C(F)(F)F)c1)c1ccc(S(=O)(=O)C(F)F)cc1. The van der Waals surface area contributed by atoms with E-state index in [1.807, 2.05) is 0 Å². The number of rotatable bonds is 4. The number of nitrogens with one attached hydrogen (secondary N) is 1. The molecule has 2 aromatic rings. The van der Waals surface area contributed by atoms with Gasteiger partial charge in [-0.1, -0.05) is 11.6 Å². The van der Waals surface area contributed by atoms with Gasteiger partial charge in [0.05, 0.1) is 15.5 Å². The van der Waals surface area contributed by atoms with E-state index in [2.05, 4.69) is 5.32 Å². The highest BCUT2D eigenvalue weighted by atomic mass is 35.5. The molecule has 2 rings (SSSR count). The van der Waals surface area contributed by atoms with Gasteiger partial charge in [0.1, 0.15) is 0 Å². The van der Waals surface area contributed by atoms with E-state index in [-0.39, 0.29) is 11.3 Å². The first-order valence-electron chi connectivity index (χ1n) is 6.73. The summed E-state index contributed by atoms with van der Waals surface area (Å²) >= 11 is 5.47. The van der Waals surface area contributed by atoms with Crippen LogP contribution in [0.1, 0.15) is 15.9 Å². The van der Waals surface area contributed by atoms with Crippen LogP contribution < -0.4 is 5.32 Å². The summed E-state index contributed by atoms with van der Waals surface area (Å²) in [5.74, 6) is -4.47. The van der Waals surface area contributed by atoms with Gasteiger partial charge in [-0.15, -0.1) is 0 Å². The number of carbonyl (C=O) groups is 1. The van der Waals surface area contributed by atoms with Gasteiger partial charge < -0.3 is 5.32 Å². The molecule has 0 saturated carbocycles. The molecule has 0 aliphatic heterocycles. The lowest BCUT2D eigenvalue weighted by molar-refractivity contribution is -0.137. The Kier molecular flexibility index (Phi) is 5.57. The summed E-state index contributed by atoms with van der Waals surface area (Å²) in [4.78, 5) is 11.3. The van der Waals surface area contributed by atoms with Crippen LogP contribution in [0.4, 0.5) is 27.6 Å². The van der Waals surface area contributed by atoms with E-state index in [1.54, 1.807) is 0 Å². The number of hydrogen-bond donors (Lipinski definition) is 1. The quantitative estimate of drug-likeness (QED) is 0.745. The van der Waals surface area contributed by atoms with E-state index in [4.69, 9.17) is 11.6 Å².